The lowest BCUT2D eigenvalue weighted by Gasteiger charge is -2.08. The lowest BCUT2D eigenvalue weighted by Crippen LogP contribution is -2.25. The molecule has 0 aliphatic carbocycles. The molecule has 0 aliphatic heterocycles. The second-order valence-corrected chi connectivity index (χ2v) is 6.17. The van der Waals surface area contributed by atoms with Gasteiger partial charge in [-0.2, -0.15) is 13.2 Å². The number of hydrogen-bond acceptors (Lipinski definition) is 4. The van der Waals surface area contributed by atoms with E-state index >= 15 is 0 Å². The fraction of sp³-hybridized carbons (Fsp3) is 0.267. The lowest BCUT2D eigenvalue weighted by molar-refractivity contribution is -0.137. The lowest BCUT2D eigenvalue weighted by atomic mass is 10.1. The van der Waals surface area contributed by atoms with Gasteiger partial charge in [0, 0.05) is 6.54 Å². The van der Waals surface area contributed by atoms with Crippen LogP contribution in [-0.2, 0) is 23.9 Å². The number of rotatable bonds is 5. The van der Waals surface area contributed by atoms with Crippen molar-refractivity contribution in [1.82, 2.24) is 10.3 Å². The number of nitrogens with zero attached hydrogens (tertiary/aromatic N) is 1. The maximum absolute atomic E-state index is 12.5. The topological polar surface area (TPSA) is 79.3 Å². The van der Waals surface area contributed by atoms with Gasteiger partial charge in [-0.05, 0) is 24.6 Å². The minimum absolute atomic E-state index is 0.0113. The van der Waals surface area contributed by atoms with Gasteiger partial charge in [0.25, 0.3) is 0 Å². The number of halogens is 3. The van der Waals surface area contributed by atoms with Gasteiger partial charge in [-0.15, -0.1) is 11.3 Å². The third-order valence-corrected chi connectivity index (χ3v) is 4.10. The predicted octanol–water partition coefficient (Wildman–Crippen LogP) is 3.03. The summed E-state index contributed by atoms with van der Waals surface area (Å²) in [5.74, 6) is -1.60. The summed E-state index contributed by atoms with van der Waals surface area (Å²) < 4.78 is 37.4. The number of nitrogens with one attached hydrogen (secondary N) is 1. The number of carbonyl (C=O) groups excluding carboxylic acids is 1. The van der Waals surface area contributed by atoms with Crippen LogP contribution in [-0.4, -0.2) is 22.0 Å². The fourth-order valence-electron chi connectivity index (χ4n) is 1.98. The van der Waals surface area contributed by atoms with E-state index in [1.807, 2.05) is 0 Å². The van der Waals surface area contributed by atoms with Gasteiger partial charge in [0.05, 0.1) is 22.7 Å². The molecule has 0 atom stereocenters. The van der Waals surface area contributed by atoms with Gasteiger partial charge in [-0.3, -0.25) is 4.79 Å². The Morgan fingerprint density at radius 3 is 2.42 bits per heavy atom. The molecule has 2 N–H and O–H groups in total. The molecule has 1 heterocycles. The summed E-state index contributed by atoms with van der Waals surface area (Å²) in [5.41, 5.74) is -0.0826. The number of aryl methyl sites for hydroxylation is 1. The molecule has 0 fully saturated rings. The number of carbonyl (C=O) groups is 2. The van der Waals surface area contributed by atoms with Crippen molar-refractivity contribution in [1.29, 1.82) is 0 Å². The van der Waals surface area contributed by atoms with Crippen LogP contribution in [0.25, 0.3) is 0 Å². The molecular weight excluding hydrogens is 345 g/mol. The number of aromatic carboxylic acids is 1. The number of alkyl halides is 3. The van der Waals surface area contributed by atoms with Gasteiger partial charge in [0.1, 0.15) is 4.88 Å². The largest absolute Gasteiger partial charge is 0.477 e. The Bertz CT molecular complexity index is 754. The maximum atomic E-state index is 12.5. The van der Waals surface area contributed by atoms with E-state index in [9.17, 15) is 22.8 Å². The van der Waals surface area contributed by atoms with Gasteiger partial charge < -0.3 is 10.4 Å². The van der Waals surface area contributed by atoms with Crippen molar-refractivity contribution in [3.63, 3.8) is 0 Å². The predicted molar refractivity (Wildman–Crippen MR) is 80.8 cm³/mol. The van der Waals surface area contributed by atoms with E-state index < -0.39 is 23.6 Å². The molecule has 0 saturated carbocycles. The summed E-state index contributed by atoms with van der Waals surface area (Å²) in [4.78, 5) is 27.0. The Balaban J connectivity index is 1.95. The molecule has 0 spiro atoms. The van der Waals surface area contributed by atoms with Gasteiger partial charge in [-0.1, -0.05) is 12.1 Å². The number of carboxylic acid groups (broad SMARTS) is 1. The van der Waals surface area contributed by atoms with Crippen LogP contribution < -0.4 is 5.32 Å². The van der Waals surface area contributed by atoms with Crippen LogP contribution in [0.2, 0.25) is 0 Å². The highest BCUT2D eigenvalue weighted by molar-refractivity contribution is 7.13. The van der Waals surface area contributed by atoms with Crippen LogP contribution in [0.15, 0.2) is 24.3 Å². The molecule has 0 aliphatic rings. The molecule has 2 rings (SSSR count). The van der Waals surface area contributed by atoms with E-state index in [1.54, 1.807) is 6.92 Å². The molecule has 2 aromatic rings. The van der Waals surface area contributed by atoms with Crippen LogP contribution in [0.4, 0.5) is 13.2 Å². The number of carboxylic acids is 1. The fourth-order valence-corrected chi connectivity index (χ4v) is 2.76. The molecule has 24 heavy (non-hydrogen) atoms. The third kappa shape index (κ3) is 4.54. The summed E-state index contributed by atoms with van der Waals surface area (Å²) in [6, 6.07) is 4.43. The van der Waals surface area contributed by atoms with E-state index in [2.05, 4.69) is 10.3 Å². The number of aromatic nitrogens is 1. The van der Waals surface area contributed by atoms with Crippen molar-refractivity contribution < 1.29 is 27.9 Å². The Kier molecular flexibility index (Phi) is 5.23. The van der Waals surface area contributed by atoms with Crippen LogP contribution in [0.5, 0.6) is 0 Å². The standard InChI is InChI=1S/C15H13F3N2O3S/c1-8-20-11(13(24-8)14(22)23)6-12(21)19-7-9-2-4-10(5-3-9)15(16,17)18/h2-5H,6-7H2,1H3,(H,19,21)(H,22,23). The number of hydrogen-bond donors (Lipinski definition) is 2. The van der Waals surface area contributed by atoms with Crippen molar-refractivity contribution >= 4 is 23.2 Å². The number of benzene rings is 1. The Morgan fingerprint density at radius 1 is 1.25 bits per heavy atom. The van der Waals surface area contributed by atoms with E-state index in [0.29, 0.717) is 10.6 Å². The Labute approximate surface area is 139 Å². The molecule has 1 aromatic heterocycles. The van der Waals surface area contributed by atoms with E-state index in [1.165, 1.54) is 12.1 Å². The van der Waals surface area contributed by atoms with Gasteiger partial charge >= 0.3 is 12.1 Å². The van der Waals surface area contributed by atoms with Crippen LogP contribution in [0, 0.1) is 6.92 Å². The summed E-state index contributed by atoms with van der Waals surface area (Å²) in [6.07, 6.45) is -4.61. The van der Waals surface area contributed by atoms with Crippen LogP contribution >= 0.6 is 11.3 Å². The van der Waals surface area contributed by atoms with Gasteiger partial charge in [0.2, 0.25) is 5.91 Å². The Hall–Kier alpha value is -2.42. The van der Waals surface area contributed by atoms with Crippen molar-refractivity contribution in [2.45, 2.75) is 26.1 Å². The van der Waals surface area contributed by atoms with Crippen LogP contribution in [0.3, 0.4) is 0 Å². The van der Waals surface area contributed by atoms with Crippen LogP contribution in [0.1, 0.15) is 31.5 Å². The zero-order valence-electron chi connectivity index (χ0n) is 12.5. The summed E-state index contributed by atoms with van der Waals surface area (Å²) in [7, 11) is 0. The molecule has 1 aromatic carbocycles. The molecule has 0 bridgehead atoms. The highest BCUT2D eigenvalue weighted by Crippen LogP contribution is 2.29. The van der Waals surface area contributed by atoms with Crippen molar-refractivity contribution in [3.8, 4) is 0 Å². The average molecular weight is 358 g/mol. The third-order valence-electron chi connectivity index (χ3n) is 3.10. The quantitative estimate of drug-likeness (QED) is 0.861. The average Bonchev–Trinajstić information content (AvgIpc) is 2.85. The first-order valence-corrected chi connectivity index (χ1v) is 7.61. The highest BCUT2D eigenvalue weighted by atomic mass is 32.1. The number of thiazole rings is 1. The number of amides is 1. The van der Waals surface area contributed by atoms with Crippen molar-refractivity contribution in [2.75, 3.05) is 0 Å². The highest BCUT2D eigenvalue weighted by Gasteiger charge is 2.29. The summed E-state index contributed by atoms with van der Waals surface area (Å²) in [6.45, 7) is 1.68. The second-order valence-electron chi connectivity index (χ2n) is 4.96. The van der Waals surface area contributed by atoms with Gasteiger partial charge in [-0.25, -0.2) is 9.78 Å². The molecular formula is C15H13F3N2O3S. The summed E-state index contributed by atoms with van der Waals surface area (Å²) >= 11 is 0.986. The first-order chi connectivity index (χ1) is 11.2. The van der Waals surface area contributed by atoms with E-state index in [4.69, 9.17) is 5.11 Å². The maximum Gasteiger partial charge on any atom is 0.416 e. The normalized spacial score (nSPS) is 11.3. The SMILES string of the molecule is Cc1nc(CC(=O)NCc2ccc(C(F)(F)F)cc2)c(C(=O)O)s1. The second kappa shape index (κ2) is 7.00. The minimum atomic E-state index is -4.41. The summed E-state index contributed by atoms with van der Waals surface area (Å²) in [5, 5.41) is 12.1. The minimum Gasteiger partial charge on any atom is -0.477 e. The molecule has 128 valence electrons. The Morgan fingerprint density at radius 2 is 1.88 bits per heavy atom. The van der Waals surface area contributed by atoms with E-state index in [0.717, 1.165) is 23.5 Å². The molecule has 5 nitrogen and oxygen atoms in total. The zero-order chi connectivity index (χ0) is 17.9. The van der Waals surface area contributed by atoms with Crippen molar-refractivity contribution in [3.05, 3.63) is 51.0 Å². The first kappa shape index (κ1) is 17.9. The van der Waals surface area contributed by atoms with E-state index in [-0.39, 0.29) is 23.5 Å². The van der Waals surface area contributed by atoms with Crippen molar-refractivity contribution in [2.24, 2.45) is 0 Å². The molecule has 0 unspecified atom stereocenters. The molecule has 1 amide bonds. The molecule has 9 heteroatoms. The monoisotopic (exact) mass is 358 g/mol. The zero-order valence-corrected chi connectivity index (χ0v) is 13.3. The molecule has 0 radical (unpaired) electrons. The van der Waals surface area contributed by atoms with Gasteiger partial charge in [0.15, 0.2) is 0 Å². The molecule has 0 saturated heterocycles. The smallest absolute Gasteiger partial charge is 0.416 e. The first-order valence-electron chi connectivity index (χ1n) is 6.79.